The second-order valence-electron chi connectivity index (χ2n) is 12.9. The molecule has 5 aromatic rings. The number of anilines is 1. The highest BCUT2D eigenvalue weighted by Gasteiger charge is 2.21. The number of aryl methyl sites for hydroxylation is 4. The van der Waals surface area contributed by atoms with Crippen LogP contribution in [0.1, 0.15) is 87.8 Å². The summed E-state index contributed by atoms with van der Waals surface area (Å²) in [7, 11) is 2.04. The number of ether oxygens (including phenoxy) is 1. The summed E-state index contributed by atoms with van der Waals surface area (Å²) in [4.78, 5) is 26.6. The van der Waals surface area contributed by atoms with E-state index in [0.717, 1.165) is 50.4 Å². The Bertz CT molecular complexity index is 1840. The number of carbonyl (C=O) groups is 1. The summed E-state index contributed by atoms with van der Waals surface area (Å²) in [6.07, 6.45) is 0.883. The molecule has 2 aromatic carbocycles. The molecule has 0 saturated carbocycles. The van der Waals surface area contributed by atoms with Crippen molar-refractivity contribution in [1.82, 2.24) is 24.8 Å². The number of aromatic nitrogens is 4. The van der Waals surface area contributed by atoms with Gasteiger partial charge in [-0.3, -0.25) is 4.72 Å². The summed E-state index contributed by atoms with van der Waals surface area (Å²) in [5.74, 6) is -0.151. The number of benzene rings is 2. The van der Waals surface area contributed by atoms with Crippen molar-refractivity contribution < 1.29 is 14.6 Å². The Morgan fingerprint density at radius 1 is 0.920 bits per heavy atom. The van der Waals surface area contributed by atoms with Crippen LogP contribution < -0.4 is 14.8 Å². The van der Waals surface area contributed by atoms with E-state index in [1.165, 1.54) is 17.6 Å². The van der Waals surface area contributed by atoms with Gasteiger partial charge in [0.15, 0.2) is 0 Å². The van der Waals surface area contributed by atoms with Gasteiger partial charge in [-0.05, 0) is 92.1 Å². The van der Waals surface area contributed by atoms with Crippen molar-refractivity contribution in [3.63, 3.8) is 0 Å². The molecule has 3 heterocycles. The predicted molar refractivity (Wildman–Crippen MR) is 208 cm³/mol. The van der Waals surface area contributed by atoms with Crippen LogP contribution in [0.15, 0.2) is 71.6 Å². The molecule has 0 amide bonds. The maximum atomic E-state index is 11.5. The Balaban J connectivity index is 0.00000163. The minimum absolute atomic E-state index is 0.0378. The first-order chi connectivity index (χ1) is 23.9. The summed E-state index contributed by atoms with van der Waals surface area (Å²) in [6, 6.07) is 21.2. The second kappa shape index (κ2) is 18.5. The molecule has 268 valence electrons. The SMILES string of the molecule is CC.CC.Cc1cccc(C)c1-c1cc(OCC(CC(C)(C)C)NCc2ccc3cc(C)n(C)c3n2)nc(NSc2cccc(C(=O)O)c2)n1. The zero-order chi connectivity index (χ0) is 37.0. The highest BCUT2D eigenvalue weighted by atomic mass is 32.2. The van der Waals surface area contributed by atoms with Crippen LogP contribution >= 0.6 is 11.9 Å². The third kappa shape index (κ3) is 11.1. The van der Waals surface area contributed by atoms with Crippen LogP contribution in [0.5, 0.6) is 5.88 Å². The van der Waals surface area contributed by atoms with E-state index in [-0.39, 0.29) is 17.0 Å². The van der Waals surface area contributed by atoms with Gasteiger partial charge in [-0.2, -0.15) is 4.98 Å². The fraction of sp³-hybridized carbons (Fsp3) is 0.400. The molecule has 0 bridgehead atoms. The minimum Gasteiger partial charge on any atom is -0.478 e. The first kappa shape index (κ1) is 40.0. The summed E-state index contributed by atoms with van der Waals surface area (Å²) in [5, 5.41) is 14.2. The Kier molecular flexibility index (Phi) is 14.8. The topological polar surface area (TPSA) is 114 Å². The Morgan fingerprint density at radius 2 is 1.60 bits per heavy atom. The first-order valence-corrected chi connectivity index (χ1v) is 18.2. The van der Waals surface area contributed by atoms with Gasteiger partial charge < -0.3 is 19.7 Å². The van der Waals surface area contributed by atoms with Gasteiger partial charge in [-0.15, -0.1) is 0 Å². The minimum atomic E-state index is -0.976. The van der Waals surface area contributed by atoms with Crippen molar-refractivity contribution in [1.29, 1.82) is 0 Å². The largest absolute Gasteiger partial charge is 0.478 e. The number of rotatable bonds is 12. The molecule has 3 N–H and O–H groups in total. The molecule has 3 aromatic heterocycles. The molecule has 0 saturated heterocycles. The molecule has 5 rings (SSSR count). The highest BCUT2D eigenvalue weighted by Crippen LogP contribution is 2.31. The zero-order valence-electron chi connectivity index (χ0n) is 31.5. The summed E-state index contributed by atoms with van der Waals surface area (Å²) < 4.78 is 11.7. The molecular weight excluding hydrogens is 645 g/mol. The van der Waals surface area contributed by atoms with Gasteiger partial charge in [0.25, 0.3) is 0 Å². The van der Waals surface area contributed by atoms with Crippen molar-refractivity contribution in [3.8, 4) is 17.1 Å². The van der Waals surface area contributed by atoms with E-state index in [1.807, 2.05) is 52.9 Å². The van der Waals surface area contributed by atoms with E-state index in [0.29, 0.717) is 25.0 Å². The van der Waals surface area contributed by atoms with Crippen molar-refractivity contribution in [3.05, 3.63) is 94.8 Å². The molecule has 0 radical (unpaired) electrons. The van der Waals surface area contributed by atoms with E-state index in [4.69, 9.17) is 19.7 Å². The monoisotopic (exact) mass is 698 g/mol. The Morgan fingerprint density at radius 3 is 2.26 bits per heavy atom. The van der Waals surface area contributed by atoms with Crippen LogP contribution in [0.3, 0.4) is 0 Å². The molecule has 0 aliphatic carbocycles. The maximum absolute atomic E-state index is 11.5. The number of hydrogen-bond acceptors (Lipinski definition) is 8. The van der Waals surface area contributed by atoms with Crippen LogP contribution in [0, 0.1) is 26.2 Å². The first-order valence-electron chi connectivity index (χ1n) is 17.4. The number of aromatic carboxylic acids is 1. The molecule has 1 unspecified atom stereocenters. The van der Waals surface area contributed by atoms with Gasteiger partial charge in [0.2, 0.25) is 11.8 Å². The molecule has 0 spiro atoms. The summed E-state index contributed by atoms with van der Waals surface area (Å²) in [5.41, 5.74) is 7.39. The fourth-order valence-corrected chi connectivity index (χ4v) is 6.15. The fourth-order valence-electron chi connectivity index (χ4n) is 5.52. The number of hydrogen-bond donors (Lipinski definition) is 3. The van der Waals surface area contributed by atoms with Crippen LogP contribution in [0.25, 0.3) is 22.3 Å². The van der Waals surface area contributed by atoms with E-state index < -0.39 is 5.97 Å². The number of nitrogens with one attached hydrogen (secondary N) is 2. The molecule has 0 fully saturated rings. The average Bonchev–Trinajstić information content (AvgIpc) is 3.38. The number of carboxylic acids is 1. The van der Waals surface area contributed by atoms with E-state index >= 15 is 0 Å². The molecule has 0 aliphatic rings. The second-order valence-corrected chi connectivity index (χ2v) is 13.8. The molecule has 0 aliphatic heterocycles. The average molecular weight is 699 g/mol. The number of pyridine rings is 1. The number of fused-ring (bicyclic) bond motifs is 1. The van der Waals surface area contributed by atoms with Crippen molar-refractivity contribution in [2.45, 2.75) is 93.1 Å². The van der Waals surface area contributed by atoms with Crippen LogP contribution in [0.2, 0.25) is 0 Å². The lowest BCUT2D eigenvalue weighted by atomic mass is 9.88. The van der Waals surface area contributed by atoms with Crippen molar-refractivity contribution >= 4 is 34.9 Å². The van der Waals surface area contributed by atoms with Gasteiger partial charge in [-0.1, -0.05) is 72.7 Å². The maximum Gasteiger partial charge on any atom is 0.335 e. The van der Waals surface area contributed by atoms with Gasteiger partial charge in [0.05, 0.1) is 17.0 Å². The number of nitrogens with zero attached hydrogens (tertiary/aromatic N) is 4. The lowest BCUT2D eigenvalue weighted by molar-refractivity contribution is 0.0696. The summed E-state index contributed by atoms with van der Waals surface area (Å²) >= 11 is 1.25. The molecule has 50 heavy (non-hydrogen) atoms. The van der Waals surface area contributed by atoms with Crippen LogP contribution in [-0.4, -0.2) is 43.2 Å². The lowest BCUT2D eigenvalue weighted by Gasteiger charge is -2.27. The van der Waals surface area contributed by atoms with Gasteiger partial charge in [0.1, 0.15) is 12.3 Å². The molecule has 1 atom stereocenters. The van der Waals surface area contributed by atoms with Crippen LogP contribution in [-0.2, 0) is 13.6 Å². The zero-order valence-corrected chi connectivity index (χ0v) is 32.3. The highest BCUT2D eigenvalue weighted by molar-refractivity contribution is 8.00. The van der Waals surface area contributed by atoms with E-state index in [1.54, 1.807) is 18.2 Å². The molecule has 9 nitrogen and oxygen atoms in total. The van der Waals surface area contributed by atoms with E-state index in [9.17, 15) is 9.90 Å². The Labute approximate surface area is 302 Å². The number of carboxylic acid groups (broad SMARTS) is 1. The standard InChI is InChI=1S/C36H42N6O3S.2C2H6/c1-22-10-8-11-23(2)32(22)30-18-31(40-35(39-30)41-46-29-13-9-12-26(17-29)34(43)44)45-21-28(19-36(4,5)6)37-20-27-15-14-25-16-24(3)42(7)33(25)38-27;2*1-2/h8-18,28,37H,19-21H2,1-7H3,(H,43,44)(H,39,40,41);2*1-2H3. The molecular formula is C40H54N6O3S. The summed E-state index contributed by atoms with van der Waals surface area (Å²) in [6.45, 7) is 21.9. The third-order valence-corrected chi connectivity index (χ3v) is 8.59. The predicted octanol–water partition coefficient (Wildman–Crippen LogP) is 9.80. The van der Waals surface area contributed by atoms with Gasteiger partial charge in [0, 0.05) is 47.2 Å². The third-order valence-electron chi connectivity index (χ3n) is 7.82. The quantitative estimate of drug-likeness (QED) is 0.110. The van der Waals surface area contributed by atoms with E-state index in [2.05, 4.69) is 86.5 Å². The van der Waals surface area contributed by atoms with Crippen molar-refractivity contribution in [2.75, 3.05) is 11.3 Å². The normalized spacial score (nSPS) is 11.6. The van der Waals surface area contributed by atoms with Crippen LogP contribution in [0.4, 0.5) is 5.95 Å². The van der Waals surface area contributed by atoms with Gasteiger partial charge in [-0.25, -0.2) is 14.8 Å². The smallest absolute Gasteiger partial charge is 0.335 e. The molecule has 10 heteroatoms. The Hall–Kier alpha value is -4.41. The lowest BCUT2D eigenvalue weighted by Crippen LogP contribution is -2.37. The van der Waals surface area contributed by atoms with Crippen molar-refractivity contribution in [2.24, 2.45) is 12.5 Å². The van der Waals surface area contributed by atoms with Gasteiger partial charge >= 0.3 is 5.97 Å².